The lowest BCUT2D eigenvalue weighted by Gasteiger charge is -2.08. The van der Waals surface area contributed by atoms with Gasteiger partial charge in [0.15, 0.2) is 5.65 Å². The molecule has 82 valence electrons. The third-order valence-electron chi connectivity index (χ3n) is 3.08. The summed E-state index contributed by atoms with van der Waals surface area (Å²) in [7, 11) is 1.42. The molecule has 1 aliphatic rings. The van der Waals surface area contributed by atoms with Gasteiger partial charge < -0.3 is 4.74 Å². The average Bonchev–Trinajstić information content (AvgIpc) is 2.92. The van der Waals surface area contributed by atoms with Crippen molar-refractivity contribution in [3.05, 3.63) is 29.7 Å². The summed E-state index contributed by atoms with van der Waals surface area (Å²) in [5.74, 6) is -0.367. The Balaban J connectivity index is 2.16. The minimum Gasteiger partial charge on any atom is -0.469 e. The topological polar surface area (TPSA) is 56.5 Å². The molecule has 3 rings (SSSR count). The first-order chi connectivity index (χ1) is 7.81. The van der Waals surface area contributed by atoms with Crippen LogP contribution in [0.2, 0.25) is 0 Å². The van der Waals surface area contributed by atoms with E-state index in [9.17, 15) is 4.79 Å². The van der Waals surface area contributed by atoms with Gasteiger partial charge in [0.05, 0.1) is 24.9 Å². The lowest BCUT2D eigenvalue weighted by Crippen LogP contribution is -2.12. The number of methoxy groups -OCH3 is 1. The molecule has 5 nitrogen and oxygen atoms in total. The lowest BCUT2D eigenvalue weighted by atomic mass is 10.1. The SMILES string of the molecule is COC(=O)C1CCc2c1cnc1ccnn21. The van der Waals surface area contributed by atoms with E-state index in [-0.39, 0.29) is 11.9 Å². The van der Waals surface area contributed by atoms with Crippen molar-refractivity contribution in [2.24, 2.45) is 0 Å². The van der Waals surface area contributed by atoms with Crippen LogP contribution in [0.4, 0.5) is 0 Å². The molecule has 0 radical (unpaired) electrons. The number of carbonyl (C=O) groups is 1. The van der Waals surface area contributed by atoms with Crippen LogP contribution in [-0.2, 0) is 16.0 Å². The quantitative estimate of drug-likeness (QED) is 0.667. The highest BCUT2D eigenvalue weighted by atomic mass is 16.5. The van der Waals surface area contributed by atoms with Crippen molar-refractivity contribution >= 4 is 11.6 Å². The van der Waals surface area contributed by atoms with E-state index < -0.39 is 0 Å². The molecule has 0 fully saturated rings. The number of aryl methyl sites for hydroxylation is 1. The van der Waals surface area contributed by atoms with Crippen molar-refractivity contribution in [1.29, 1.82) is 0 Å². The van der Waals surface area contributed by atoms with Gasteiger partial charge in [0, 0.05) is 17.8 Å². The van der Waals surface area contributed by atoms with Gasteiger partial charge in [-0.3, -0.25) is 4.79 Å². The first kappa shape index (κ1) is 9.33. The second-order valence-corrected chi connectivity index (χ2v) is 3.88. The molecule has 2 heterocycles. The maximum atomic E-state index is 11.6. The van der Waals surface area contributed by atoms with E-state index in [4.69, 9.17) is 4.74 Å². The van der Waals surface area contributed by atoms with Crippen LogP contribution in [0.15, 0.2) is 18.5 Å². The van der Waals surface area contributed by atoms with E-state index in [1.165, 1.54) is 7.11 Å². The zero-order valence-corrected chi connectivity index (χ0v) is 8.88. The van der Waals surface area contributed by atoms with Gasteiger partial charge in [0.25, 0.3) is 0 Å². The van der Waals surface area contributed by atoms with Gasteiger partial charge in [-0.1, -0.05) is 0 Å². The van der Waals surface area contributed by atoms with Gasteiger partial charge in [0.1, 0.15) is 0 Å². The fraction of sp³-hybridized carbons (Fsp3) is 0.364. The Morgan fingerprint density at radius 1 is 1.62 bits per heavy atom. The number of aromatic nitrogens is 3. The summed E-state index contributed by atoms with van der Waals surface area (Å²) < 4.78 is 6.59. The second kappa shape index (κ2) is 3.30. The molecule has 1 atom stereocenters. The van der Waals surface area contributed by atoms with E-state index in [0.717, 1.165) is 29.7 Å². The monoisotopic (exact) mass is 217 g/mol. The number of fused-ring (bicyclic) bond motifs is 3. The first-order valence-electron chi connectivity index (χ1n) is 5.20. The smallest absolute Gasteiger partial charge is 0.313 e. The van der Waals surface area contributed by atoms with Crippen molar-refractivity contribution in [2.75, 3.05) is 7.11 Å². The van der Waals surface area contributed by atoms with Crippen molar-refractivity contribution < 1.29 is 9.53 Å². The van der Waals surface area contributed by atoms with Gasteiger partial charge in [-0.2, -0.15) is 5.10 Å². The number of nitrogens with zero attached hydrogens (tertiary/aromatic N) is 3. The van der Waals surface area contributed by atoms with Gasteiger partial charge in [-0.05, 0) is 12.8 Å². The molecule has 0 aromatic carbocycles. The number of rotatable bonds is 1. The average molecular weight is 217 g/mol. The molecule has 1 unspecified atom stereocenters. The number of esters is 1. The number of hydrogen-bond acceptors (Lipinski definition) is 4. The molecular weight excluding hydrogens is 206 g/mol. The molecule has 0 amide bonds. The Labute approximate surface area is 92.1 Å². The van der Waals surface area contributed by atoms with Crippen LogP contribution in [0, 0.1) is 0 Å². The highest BCUT2D eigenvalue weighted by molar-refractivity contribution is 5.79. The van der Waals surface area contributed by atoms with E-state index in [1.807, 2.05) is 6.07 Å². The predicted octanol–water partition coefficient (Wildman–Crippen LogP) is 0.932. The van der Waals surface area contributed by atoms with Gasteiger partial charge in [0.2, 0.25) is 0 Å². The molecule has 5 heteroatoms. The van der Waals surface area contributed by atoms with Crippen LogP contribution in [0.1, 0.15) is 23.6 Å². The Kier molecular flexibility index (Phi) is 1.92. The number of ether oxygens (including phenoxy) is 1. The highest BCUT2D eigenvalue weighted by Gasteiger charge is 2.31. The summed E-state index contributed by atoms with van der Waals surface area (Å²) in [5.41, 5.74) is 2.85. The van der Waals surface area contributed by atoms with Crippen LogP contribution in [0.25, 0.3) is 5.65 Å². The van der Waals surface area contributed by atoms with Gasteiger partial charge in [-0.25, -0.2) is 9.50 Å². The van der Waals surface area contributed by atoms with Gasteiger partial charge >= 0.3 is 5.97 Å². The van der Waals surface area contributed by atoms with Gasteiger partial charge in [-0.15, -0.1) is 0 Å². The first-order valence-corrected chi connectivity index (χ1v) is 5.20. The molecule has 2 aromatic heterocycles. The van der Waals surface area contributed by atoms with E-state index in [1.54, 1.807) is 16.9 Å². The minimum absolute atomic E-state index is 0.180. The maximum absolute atomic E-state index is 11.6. The summed E-state index contributed by atoms with van der Waals surface area (Å²) in [6.45, 7) is 0. The summed E-state index contributed by atoms with van der Waals surface area (Å²) >= 11 is 0. The van der Waals surface area contributed by atoms with E-state index >= 15 is 0 Å². The number of carbonyl (C=O) groups excluding carboxylic acids is 1. The third kappa shape index (κ3) is 1.14. The minimum atomic E-state index is -0.188. The van der Waals surface area contributed by atoms with Crippen LogP contribution >= 0.6 is 0 Å². The Morgan fingerprint density at radius 3 is 3.31 bits per heavy atom. The summed E-state index contributed by atoms with van der Waals surface area (Å²) in [4.78, 5) is 15.8. The maximum Gasteiger partial charge on any atom is 0.313 e. The van der Waals surface area contributed by atoms with E-state index in [2.05, 4.69) is 10.1 Å². The molecule has 0 saturated carbocycles. The molecular formula is C11H11N3O2. The van der Waals surface area contributed by atoms with E-state index in [0.29, 0.717) is 0 Å². The highest BCUT2D eigenvalue weighted by Crippen LogP contribution is 2.33. The summed E-state index contributed by atoms with van der Waals surface area (Å²) in [5, 5.41) is 4.21. The third-order valence-corrected chi connectivity index (χ3v) is 3.08. The Hall–Kier alpha value is -1.91. The van der Waals surface area contributed by atoms with Crippen LogP contribution in [0.5, 0.6) is 0 Å². The molecule has 16 heavy (non-hydrogen) atoms. The van der Waals surface area contributed by atoms with Crippen molar-refractivity contribution in [3.8, 4) is 0 Å². The normalized spacial score (nSPS) is 18.7. The summed E-state index contributed by atoms with van der Waals surface area (Å²) in [6, 6.07) is 1.85. The largest absolute Gasteiger partial charge is 0.469 e. The molecule has 2 aromatic rings. The number of hydrogen-bond donors (Lipinski definition) is 0. The fourth-order valence-electron chi connectivity index (χ4n) is 2.30. The Bertz CT molecular complexity index is 561. The molecule has 0 spiro atoms. The van der Waals surface area contributed by atoms with Crippen molar-refractivity contribution in [1.82, 2.24) is 14.6 Å². The van der Waals surface area contributed by atoms with Crippen molar-refractivity contribution in [2.45, 2.75) is 18.8 Å². The predicted molar refractivity (Wildman–Crippen MR) is 56.1 cm³/mol. The molecule has 0 aliphatic heterocycles. The molecule has 0 saturated heterocycles. The fourth-order valence-corrected chi connectivity index (χ4v) is 2.30. The van der Waals surface area contributed by atoms with Crippen LogP contribution < -0.4 is 0 Å². The standard InChI is InChI=1S/C11H11N3O2/c1-16-11(15)7-2-3-9-8(7)6-12-10-4-5-13-14(9)10/h4-7H,2-3H2,1H3. The zero-order chi connectivity index (χ0) is 11.1. The van der Waals surface area contributed by atoms with Crippen molar-refractivity contribution in [3.63, 3.8) is 0 Å². The molecule has 0 N–H and O–H groups in total. The van der Waals surface area contributed by atoms with Crippen LogP contribution in [-0.4, -0.2) is 27.7 Å². The lowest BCUT2D eigenvalue weighted by molar-refractivity contribution is -0.142. The molecule has 0 bridgehead atoms. The summed E-state index contributed by atoms with van der Waals surface area (Å²) in [6.07, 6.45) is 5.10. The second-order valence-electron chi connectivity index (χ2n) is 3.88. The molecule has 1 aliphatic carbocycles. The zero-order valence-electron chi connectivity index (χ0n) is 8.88. The van der Waals surface area contributed by atoms with Crippen LogP contribution in [0.3, 0.4) is 0 Å². The Morgan fingerprint density at radius 2 is 2.50 bits per heavy atom.